The lowest BCUT2D eigenvalue weighted by Crippen LogP contribution is -2.47. The van der Waals surface area contributed by atoms with Gasteiger partial charge in [0, 0.05) is 63.6 Å². The lowest BCUT2D eigenvalue weighted by molar-refractivity contribution is 0.0685. The maximum Gasteiger partial charge on any atom is 0.129 e. The summed E-state index contributed by atoms with van der Waals surface area (Å²) in [4.78, 5) is 4.57. The fourth-order valence-corrected chi connectivity index (χ4v) is 3.03. The number of benzene rings is 1. The lowest BCUT2D eigenvalue weighted by atomic mass is 10.1. The Bertz CT molecular complexity index is 637. The molecule has 1 fully saturated rings. The van der Waals surface area contributed by atoms with E-state index in [1.54, 1.807) is 18.2 Å². The van der Waals surface area contributed by atoms with E-state index in [9.17, 15) is 9.50 Å². The fourth-order valence-electron chi connectivity index (χ4n) is 3.03. The number of nitrogens with zero attached hydrogens (tertiary/aromatic N) is 4. The molecule has 6 heteroatoms. The highest BCUT2D eigenvalue weighted by atomic mass is 19.1. The summed E-state index contributed by atoms with van der Waals surface area (Å²) in [5.74, 6) is -0.338. The van der Waals surface area contributed by atoms with Gasteiger partial charge in [-0.3, -0.25) is 14.5 Å². The van der Waals surface area contributed by atoms with E-state index in [0.29, 0.717) is 12.1 Å². The van der Waals surface area contributed by atoms with E-state index in [1.807, 2.05) is 24.1 Å². The summed E-state index contributed by atoms with van der Waals surface area (Å²) in [5.41, 5.74) is 1.60. The average molecular weight is 318 g/mol. The van der Waals surface area contributed by atoms with Crippen molar-refractivity contribution in [2.24, 2.45) is 7.05 Å². The Morgan fingerprint density at radius 2 is 1.87 bits per heavy atom. The molecule has 1 aromatic heterocycles. The molecule has 5 nitrogen and oxygen atoms in total. The van der Waals surface area contributed by atoms with Gasteiger partial charge in [-0.25, -0.2) is 4.39 Å². The van der Waals surface area contributed by atoms with Crippen LogP contribution in [0.25, 0.3) is 0 Å². The molecule has 0 amide bonds. The first kappa shape index (κ1) is 16.1. The smallest absolute Gasteiger partial charge is 0.129 e. The van der Waals surface area contributed by atoms with Crippen molar-refractivity contribution in [2.45, 2.75) is 12.6 Å². The van der Waals surface area contributed by atoms with Crippen molar-refractivity contribution in [2.75, 3.05) is 32.7 Å². The molecule has 1 N–H and O–H groups in total. The third-order valence-corrected chi connectivity index (χ3v) is 4.32. The number of hydrogen-bond acceptors (Lipinski definition) is 4. The Labute approximate surface area is 135 Å². The molecule has 0 aliphatic carbocycles. The van der Waals surface area contributed by atoms with Crippen LogP contribution in [0, 0.1) is 5.82 Å². The van der Waals surface area contributed by atoms with Gasteiger partial charge in [-0.15, -0.1) is 0 Å². The first-order valence-electron chi connectivity index (χ1n) is 7.96. The maximum atomic E-state index is 13.7. The van der Waals surface area contributed by atoms with Crippen LogP contribution in [-0.2, 0) is 13.6 Å². The standard InChI is InChI=1S/C17H23FN4O/c1-20-11-14(10-19-20)12-21-6-8-22(9-7-21)13-17(23)15-4-2-3-5-16(15)18/h2-5,10-11,17,23H,6-9,12-13H2,1H3/t17-/m1/s1. The second kappa shape index (κ2) is 7.21. The molecule has 2 aromatic rings. The minimum absolute atomic E-state index is 0.338. The third kappa shape index (κ3) is 4.16. The molecular weight excluding hydrogens is 295 g/mol. The number of piperazine rings is 1. The van der Waals surface area contributed by atoms with Crippen molar-refractivity contribution in [1.82, 2.24) is 19.6 Å². The van der Waals surface area contributed by atoms with E-state index >= 15 is 0 Å². The first-order chi connectivity index (χ1) is 11.1. The summed E-state index contributed by atoms with van der Waals surface area (Å²) in [6.07, 6.45) is 3.16. The van der Waals surface area contributed by atoms with Gasteiger partial charge in [0.25, 0.3) is 0 Å². The van der Waals surface area contributed by atoms with E-state index in [0.717, 1.165) is 32.7 Å². The van der Waals surface area contributed by atoms with Crippen LogP contribution in [0.5, 0.6) is 0 Å². The molecule has 0 bridgehead atoms. The molecule has 23 heavy (non-hydrogen) atoms. The van der Waals surface area contributed by atoms with Crippen molar-refractivity contribution in [3.63, 3.8) is 0 Å². The first-order valence-corrected chi connectivity index (χ1v) is 7.96. The summed E-state index contributed by atoms with van der Waals surface area (Å²) in [5, 5.41) is 14.4. The minimum atomic E-state index is -0.777. The Balaban J connectivity index is 1.48. The molecule has 1 aromatic carbocycles. The number of aliphatic hydroxyl groups excluding tert-OH is 1. The van der Waals surface area contributed by atoms with Gasteiger partial charge in [-0.1, -0.05) is 18.2 Å². The van der Waals surface area contributed by atoms with Crippen LogP contribution in [0.3, 0.4) is 0 Å². The highest BCUT2D eigenvalue weighted by Crippen LogP contribution is 2.18. The summed E-state index contributed by atoms with van der Waals surface area (Å²) in [6, 6.07) is 6.44. The van der Waals surface area contributed by atoms with Crippen LogP contribution in [-0.4, -0.2) is 57.4 Å². The monoisotopic (exact) mass is 318 g/mol. The fraction of sp³-hybridized carbons (Fsp3) is 0.471. The zero-order valence-corrected chi connectivity index (χ0v) is 13.4. The van der Waals surface area contributed by atoms with Gasteiger partial charge in [-0.05, 0) is 6.07 Å². The molecule has 3 rings (SSSR count). The van der Waals surface area contributed by atoms with Crippen molar-refractivity contribution in [3.05, 3.63) is 53.6 Å². The van der Waals surface area contributed by atoms with Gasteiger partial charge in [0.05, 0.1) is 12.3 Å². The Morgan fingerprint density at radius 1 is 1.17 bits per heavy atom. The van der Waals surface area contributed by atoms with Crippen molar-refractivity contribution < 1.29 is 9.50 Å². The van der Waals surface area contributed by atoms with Gasteiger partial charge in [-0.2, -0.15) is 5.10 Å². The van der Waals surface area contributed by atoms with E-state index in [4.69, 9.17) is 0 Å². The van der Waals surface area contributed by atoms with E-state index in [1.165, 1.54) is 11.6 Å². The Kier molecular flexibility index (Phi) is 5.05. The van der Waals surface area contributed by atoms with Gasteiger partial charge < -0.3 is 5.11 Å². The second-order valence-corrected chi connectivity index (χ2v) is 6.14. The lowest BCUT2D eigenvalue weighted by Gasteiger charge is -2.35. The molecule has 124 valence electrons. The summed E-state index contributed by atoms with van der Waals surface area (Å²) >= 11 is 0. The largest absolute Gasteiger partial charge is 0.387 e. The summed E-state index contributed by atoms with van der Waals surface area (Å²) < 4.78 is 15.5. The van der Waals surface area contributed by atoms with Crippen molar-refractivity contribution in [1.29, 1.82) is 0 Å². The molecule has 0 unspecified atom stereocenters. The summed E-state index contributed by atoms with van der Waals surface area (Å²) in [6.45, 7) is 5.02. The molecule has 0 saturated carbocycles. The predicted octanol–water partition coefficient (Wildman–Crippen LogP) is 1.41. The number of hydrogen-bond donors (Lipinski definition) is 1. The van der Waals surface area contributed by atoms with Crippen molar-refractivity contribution >= 4 is 0 Å². The topological polar surface area (TPSA) is 44.5 Å². The molecule has 1 atom stereocenters. The Morgan fingerprint density at radius 3 is 2.52 bits per heavy atom. The second-order valence-electron chi connectivity index (χ2n) is 6.14. The van der Waals surface area contributed by atoms with E-state index in [2.05, 4.69) is 14.9 Å². The molecule has 0 radical (unpaired) electrons. The zero-order chi connectivity index (χ0) is 16.2. The molecular formula is C17H23FN4O. The molecule has 1 saturated heterocycles. The van der Waals surface area contributed by atoms with Gasteiger partial charge in [0.2, 0.25) is 0 Å². The molecule has 2 heterocycles. The number of aliphatic hydroxyl groups is 1. The highest BCUT2D eigenvalue weighted by Gasteiger charge is 2.21. The van der Waals surface area contributed by atoms with Crippen molar-refractivity contribution in [3.8, 4) is 0 Å². The molecule has 0 spiro atoms. The van der Waals surface area contributed by atoms with Crippen LogP contribution in [0.2, 0.25) is 0 Å². The van der Waals surface area contributed by atoms with Gasteiger partial charge in [0.15, 0.2) is 0 Å². The maximum absolute atomic E-state index is 13.7. The van der Waals surface area contributed by atoms with Gasteiger partial charge >= 0.3 is 0 Å². The number of halogens is 1. The SMILES string of the molecule is Cn1cc(CN2CCN(C[C@@H](O)c3ccccc3F)CC2)cn1. The summed E-state index contributed by atoms with van der Waals surface area (Å²) in [7, 11) is 1.92. The number of aryl methyl sites for hydroxylation is 1. The van der Waals surface area contributed by atoms with E-state index in [-0.39, 0.29) is 5.82 Å². The normalized spacial score (nSPS) is 18.2. The van der Waals surface area contributed by atoms with Crippen LogP contribution in [0.1, 0.15) is 17.2 Å². The van der Waals surface area contributed by atoms with Crippen LogP contribution >= 0.6 is 0 Å². The van der Waals surface area contributed by atoms with E-state index < -0.39 is 6.10 Å². The quantitative estimate of drug-likeness (QED) is 0.905. The number of rotatable bonds is 5. The van der Waals surface area contributed by atoms with Crippen LogP contribution in [0.15, 0.2) is 36.7 Å². The highest BCUT2D eigenvalue weighted by molar-refractivity contribution is 5.20. The predicted molar refractivity (Wildman–Crippen MR) is 86.3 cm³/mol. The number of β-amino-alcohol motifs (C(OH)–C–C–N with tert-alkyl or cyclic N) is 1. The van der Waals surface area contributed by atoms with Crippen LogP contribution < -0.4 is 0 Å². The average Bonchev–Trinajstić information content (AvgIpc) is 2.95. The van der Waals surface area contributed by atoms with Gasteiger partial charge in [0.1, 0.15) is 5.82 Å². The number of aromatic nitrogens is 2. The minimum Gasteiger partial charge on any atom is -0.387 e. The molecule has 1 aliphatic rings. The molecule has 1 aliphatic heterocycles. The third-order valence-electron chi connectivity index (χ3n) is 4.32. The Hall–Kier alpha value is -1.76. The zero-order valence-electron chi connectivity index (χ0n) is 13.4. The van der Waals surface area contributed by atoms with Crippen LogP contribution in [0.4, 0.5) is 4.39 Å².